The van der Waals surface area contributed by atoms with Crippen LogP contribution in [0.25, 0.3) is 0 Å². The number of amides is 1. The number of carbonyl (C=O) groups excluding carboxylic acids is 1. The van der Waals surface area contributed by atoms with Crippen LogP contribution in [0.4, 0.5) is 16.4 Å². The van der Waals surface area contributed by atoms with Crippen molar-refractivity contribution in [2.24, 2.45) is 0 Å². The Hall–Kier alpha value is -2.15. The van der Waals surface area contributed by atoms with Gasteiger partial charge in [-0.25, -0.2) is 0 Å². The Morgan fingerprint density at radius 1 is 1.43 bits per heavy atom. The molecule has 1 aromatic heterocycles. The van der Waals surface area contributed by atoms with Crippen molar-refractivity contribution in [3.05, 3.63) is 30.0 Å². The summed E-state index contributed by atoms with van der Waals surface area (Å²) in [6, 6.07) is 7.81. The van der Waals surface area contributed by atoms with Gasteiger partial charge < -0.3 is 15.5 Å². The van der Waals surface area contributed by atoms with Crippen molar-refractivity contribution in [3.63, 3.8) is 0 Å². The molecular formula is C14H17N5OS. The zero-order valence-corrected chi connectivity index (χ0v) is 12.6. The summed E-state index contributed by atoms with van der Waals surface area (Å²) in [6.07, 6.45) is 1.05. The molecule has 7 heteroatoms. The number of hydrogen-bond donors (Lipinski definition) is 2. The fourth-order valence-corrected chi connectivity index (χ4v) is 2.91. The van der Waals surface area contributed by atoms with E-state index in [1.165, 1.54) is 11.5 Å². The van der Waals surface area contributed by atoms with Crippen LogP contribution in [0.1, 0.15) is 19.0 Å². The molecule has 0 radical (unpaired) electrons. The summed E-state index contributed by atoms with van der Waals surface area (Å²) in [4.78, 5) is 13.8. The average Bonchev–Trinajstić information content (AvgIpc) is 2.92. The van der Waals surface area contributed by atoms with Crippen molar-refractivity contribution in [2.75, 3.05) is 28.6 Å². The van der Waals surface area contributed by atoms with Gasteiger partial charge >= 0.3 is 0 Å². The Balaban J connectivity index is 1.82. The van der Waals surface area contributed by atoms with Crippen molar-refractivity contribution in [2.45, 2.75) is 19.9 Å². The minimum atomic E-state index is -0.0000406. The quantitative estimate of drug-likeness (QED) is 0.887. The van der Waals surface area contributed by atoms with Crippen LogP contribution in [-0.2, 0) is 11.3 Å². The molecule has 0 aliphatic carbocycles. The zero-order chi connectivity index (χ0) is 14.7. The number of benzene rings is 1. The molecule has 0 atom stereocenters. The van der Waals surface area contributed by atoms with Crippen LogP contribution in [0.5, 0.6) is 0 Å². The van der Waals surface area contributed by atoms with Crippen LogP contribution in [-0.4, -0.2) is 28.6 Å². The summed E-state index contributed by atoms with van der Waals surface area (Å²) >= 11 is 1.36. The van der Waals surface area contributed by atoms with Gasteiger partial charge in [0.1, 0.15) is 10.7 Å². The average molecular weight is 303 g/mol. The second-order valence-electron chi connectivity index (χ2n) is 4.90. The van der Waals surface area contributed by atoms with Gasteiger partial charge in [0.15, 0.2) is 0 Å². The predicted molar refractivity (Wildman–Crippen MR) is 84.8 cm³/mol. The lowest BCUT2D eigenvalue weighted by Gasteiger charge is -2.30. The molecule has 110 valence electrons. The second-order valence-corrected chi connectivity index (χ2v) is 5.65. The SMILES string of the molecule is CCCNc1snnc1CN1CC(=O)Nc2ccccc21. The maximum Gasteiger partial charge on any atom is 0.243 e. The first-order valence-corrected chi connectivity index (χ1v) is 7.74. The summed E-state index contributed by atoms with van der Waals surface area (Å²) in [7, 11) is 0. The number of anilines is 3. The van der Waals surface area contributed by atoms with Gasteiger partial charge in [0, 0.05) is 18.1 Å². The van der Waals surface area contributed by atoms with E-state index in [1.54, 1.807) is 0 Å². The van der Waals surface area contributed by atoms with E-state index >= 15 is 0 Å². The molecule has 1 amide bonds. The van der Waals surface area contributed by atoms with Crippen LogP contribution in [0.2, 0.25) is 0 Å². The molecule has 0 unspecified atom stereocenters. The minimum absolute atomic E-state index is 0.0000406. The van der Waals surface area contributed by atoms with Gasteiger partial charge in [-0.2, -0.15) is 0 Å². The number of nitrogens with zero attached hydrogens (tertiary/aromatic N) is 3. The number of fused-ring (bicyclic) bond motifs is 1. The Morgan fingerprint density at radius 2 is 2.29 bits per heavy atom. The van der Waals surface area contributed by atoms with Crippen LogP contribution in [0.15, 0.2) is 24.3 Å². The number of para-hydroxylation sites is 2. The maximum absolute atomic E-state index is 11.8. The highest BCUT2D eigenvalue weighted by Crippen LogP contribution is 2.31. The monoisotopic (exact) mass is 303 g/mol. The Labute approximate surface area is 127 Å². The number of nitrogens with one attached hydrogen (secondary N) is 2. The first kappa shape index (κ1) is 13.8. The molecule has 0 bridgehead atoms. The number of hydrogen-bond acceptors (Lipinski definition) is 6. The first-order chi connectivity index (χ1) is 10.3. The summed E-state index contributed by atoms with van der Waals surface area (Å²) in [5.41, 5.74) is 2.75. The predicted octanol–water partition coefficient (Wildman–Crippen LogP) is 2.32. The Morgan fingerprint density at radius 3 is 3.14 bits per heavy atom. The highest BCUT2D eigenvalue weighted by atomic mass is 32.1. The van der Waals surface area contributed by atoms with E-state index in [9.17, 15) is 4.79 Å². The van der Waals surface area contributed by atoms with E-state index in [-0.39, 0.29) is 5.91 Å². The van der Waals surface area contributed by atoms with Gasteiger partial charge in [0.25, 0.3) is 0 Å². The second kappa shape index (κ2) is 6.09. The molecule has 1 aromatic carbocycles. The molecule has 0 saturated carbocycles. The van der Waals surface area contributed by atoms with Gasteiger partial charge in [-0.05, 0) is 18.6 Å². The highest BCUT2D eigenvalue weighted by Gasteiger charge is 2.23. The number of rotatable bonds is 5. The summed E-state index contributed by atoms with van der Waals surface area (Å²) < 4.78 is 4.02. The molecule has 0 saturated heterocycles. The van der Waals surface area contributed by atoms with E-state index in [1.807, 2.05) is 29.2 Å². The van der Waals surface area contributed by atoms with Gasteiger partial charge in [0.05, 0.1) is 24.5 Å². The molecule has 2 N–H and O–H groups in total. The van der Waals surface area contributed by atoms with Gasteiger partial charge in [-0.3, -0.25) is 4.79 Å². The Bertz CT molecular complexity index is 642. The molecule has 21 heavy (non-hydrogen) atoms. The fraction of sp³-hybridized carbons (Fsp3) is 0.357. The minimum Gasteiger partial charge on any atom is -0.374 e. The molecular weight excluding hydrogens is 286 g/mol. The lowest BCUT2D eigenvalue weighted by atomic mass is 10.2. The molecule has 1 aliphatic rings. The molecule has 2 aromatic rings. The van der Waals surface area contributed by atoms with Gasteiger partial charge in [-0.1, -0.05) is 23.5 Å². The smallest absolute Gasteiger partial charge is 0.243 e. The van der Waals surface area contributed by atoms with E-state index in [2.05, 4.69) is 27.1 Å². The van der Waals surface area contributed by atoms with Crippen molar-refractivity contribution in [1.82, 2.24) is 9.59 Å². The summed E-state index contributed by atoms with van der Waals surface area (Å²) in [5, 5.41) is 11.4. The van der Waals surface area contributed by atoms with E-state index in [4.69, 9.17) is 0 Å². The van der Waals surface area contributed by atoms with Crippen molar-refractivity contribution < 1.29 is 4.79 Å². The van der Waals surface area contributed by atoms with E-state index < -0.39 is 0 Å². The van der Waals surface area contributed by atoms with E-state index in [0.29, 0.717) is 13.1 Å². The van der Waals surface area contributed by atoms with Crippen molar-refractivity contribution in [1.29, 1.82) is 0 Å². The molecule has 0 spiro atoms. The third-order valence-electron chi connectivity index (χ3n) is 3.29. The molecule has 3 rings (SSSR count). The van der Waals surface area contributed by atoms with Crippen LogP contribution >= 0.6 is 11.5 Å². The normalized spacial score (nSPS) is 13.8. The maximum atomic E-state index is 11.8. The van der Waals surface area contributed by atoms with Gasteiger partial charge in [-0.15, -0.1) is 5.10 Å². The zero-order valence-electron chi connectivity index (χ0n) is 11.8. The standard InChI is InChI=1S/C14H17N5OS/c1-2-7-15-14-11(17-18-21-14)8-19-9-13(20)16-10-5-3-4-6-12(10)19/h3-6,15H,2,7-9H2,1H3,(H,16,20). The van der Waals surface area contributed by atoms with Crippen LogP contribution in [0, 0.1) is 0 Å². The number of carbonyl (C=O) groups is 1. The molecule has 2 heterocycles. The summed E-state index contributed by atoms with van der Waals surface area (Å²) in [5.74, 6) is -0.0000406. The molecule has 0 fully saturated rings. The highest BCUT2D eigenvalue weighted by molar-refractivity contribution is 7.10. The lowest BCUT2D eigenvalue weighted by Crippen LogP contribution is -2.37. The lowest BCUT2D eigenvalue weighted by molar-refractivity contribution is -0.115. The summed E-state index contributed by atoms with van der Waals surface area (Å²) in [6.45, 7) is 3.93. The topological polar surface area (TPSA) is 70.2 Å². The fourth-order valence-electron chi connectivity index (χ4n) is 2.31. The Kier molecular flexibility index (Phi) is 4.01. The third-order valence-corrected chi connectivity index (χ3v) is 4.01. The van der Waals surface area contributed by atoms with Crippen LogP contribution < -0.4 is 15.5 Å². The van der Waals surface area contributed by atoms with E-state index in [0.717, 1.165) is 35.0 Å². The first-order valence-electron chi connectivity index (χ1n) is 6.97. The largest absolute Gasteiger partial charge is 0.374 e. The molecule has 1 aliphatic heterocycles. The van der Waals surface area contributed by atoms with Crippen molar-refractivity contribution in [3.8, 4) is 0 Å². The van der Waals surface area contributed by atoms with Gasteiger partial charge in [0.2, 0.25) is 5.91 Å². The van der Waals surface area contributed by atoms with Crippen molar-refractivity contribution >= 4 is 33.8 Å². The van der Waals surface area contributed by atoms with Crippen LogP contribution in [0.3, 0.4) is 0 Å². The third kappa shape index (κ3) is 2.97. The number of aromatic nitrogens is 2. The molecule has 6 nitrogen and oxygen atoms in total.